The van der Waals surface area contributed by atoms with E-state index in [9.17, 15) is 14.4 Å². The Kier molecular flexibility index (Phi) is 6.31. The molecule has 28 heavy (non-hydrogen) atoms. The predicted octanol–water partition coefficient (Wildman–Crippen LogP) is 3.76. The van der Waals surface area contributed by atoms with E-state index in [0.717, 1.165) is 6.42 Å². The van der Waals surface area contributed by atoms with Gasteiger partial charge in [0.05, 0.1) is 5.92 Å². The van der Waals surface area contributed by atoms with Crippen molar-refractivity contribution in [1.82, 2.24) is 4.90 Å². The third-order valence-corrected chi connectivity index (χ3v) is 4.78. The van der Waals surface area contributed by atoms with E-state index in [0.29, 0.717) is 41.5 Å². The van der Waals surface area contributed by atoms with Crippen LogP contribution in [0.3, 0.4) is 0 Å². The number of benzene rings is 2. The van der Waals surface area contributed by atoms with Gasteiger partial charge in [0.15, 0.2) is 0 Å². The number of likely N-dealkylation sites (tertiary alicyclic amines) is 1. The summed E-state index contributed by atoms with van der Waals surface area (Å²) >= 11 is 5.87. The highest BCUT2D eigenvalue weighted by molar-refractivity contribution is 6.30. The monoisotopic (exact) mass is 400 g/mol. The number of amides is 2. The van der Waals surface area contributed by atoms with E-state index in [1.165, 1.54) is 6.92 Å². The molecule has 0 saturated carbocycles. The van der Waals surface area contributed by atoms with E-state index >= 15 is 0 Å². The van der Waals surface area contributed by atoms with Crippen LogP contribution in [0.15, 0.2) is 48.5 Å². The molecule has 7 heteroatoms. The predicted molar refractivity (Wildman–Crippen MR) is 106 cm³/mol. The van der Waals surface area contributed by atoms with E-state index < -0.39 is 0 Å². The highest BCUT2D eigenvalue weighted by Gasteiger charge is 2.30. The van der Waals surface area contributed by atoms with Crippen molar-refractivity contribution in [3.63, 3.8) is 0 Å². The van der Waals surface area contributed by atoms with E-state index in [2.05, 4.69) is 5.32 Å². The lowest BCUT2D eigenvalue weighted by Gasteiger charge is -2.31. The maximum absolute atomic E-state index is 12.7. The number of nitrogens with zero attached hydrogens (tertiary/aromatic N) is 1. The van der Waals surface area contributed by atoms with E-state index in [-0.39, 0.29) is 23.7 Å². The Morgan fingerprint density at radius 3 is 2.39 bits per heavy atom. The third kappa shape index (κ3) is 5.10. The molecule has 1 N–H and O–H groups in total. The van der Waals surface area contributed by atoms with Gasteiger partial charge >= 0.3 is 5.97 Å². The van der Waals surface area contributed by atoms with Crippen molar-refractivity contribution in [1.29, 1.82) is 0 Å². The Bertz CT molecular complexity index is 865. The molecule has 1 aliphatic rings. The Morgan fingerprint density at radius 2 is 1.75 bits per heavy atom. The van der Waals surface area contributed by atoms with E-state index in [1.54, 1.807) is 53.4 Å². The Hall–Kier alpha value is -2.86. The van der Waals surface area contributed by atoms with Crippen LogP contribution >= 0.6 is 11.6 Å². The molecule has 0 radical (unpaired) electrons. The van der Waals surface area contributed by atoms with Gasteiger partial charge in [-0.05, 0) is 61.4 Å². The maximum atomic E-state index is 12.7. The van der Waals surface area contributed by atoms with Gasteiger partial charge in [0.25, 0.3) is 5.91 Å². The number of hydrogen-bond acceptors (Lipinski definition) is 4. The highest BCUT2D eigenvalue weighted by Crippen LogP contribution is 2.23. The lowest BCUT2D eigenvalue weighted by atomic mass is 9.97. The van der Waals surface area contributed by atoms with Gasteiger partial charge in [-0.2, -0.15) is 0 Å². The number of rotatable bonds is 4. The molecule has 0 aromatic heterocycles. The fourth-order valence-electron chi connectivity index (χ4n) is 3.14. The van der Waals surface area contributed by atoms with Crippen LogP contribution in [-0.2, 0) is 9.59 Å². The summed E-state index contributed by atoms with van der Waals surface area (Å²) in [7, 11) is 0. The Labute approximate surface area is 168 Å². The fraction of sp³-hybridized carbons (Fsp3) is 0.286. The molecular weight excluding hydrogens is 380 g/mol. The zero-order valence-corrected chi connectivity index (χ0v) is 16.2. The summed E-state index contributed by atoms with van der Waals surface area (Å²) in [5, 5.41) is 3.22. The maximum Gasteiger partial charge on any atom is 0.316 e. The van der Waals surface area contributed by atoms with Crippen LogP contribution in [0, 0.1) is 5.92 Å². The molecule has 1 saturated heterocycles. The van der Waals surface area contributed by atoms with E-state index in [4.69, 9.17) is 16.3 Å². The first kappa shape index (κ1) is 19.9. The highest BCUT2D eigenvalue weighted by atomic mass is 35.5. The zero-order chi connectivity index (χ0) is 20.1. The molecule has 1 unspecified atom stereocenters. The van der Waals surface area contributed by atoms with Crippen molar-refractivity contribution in [3.8, 4) is 5.75 Å². The van der Waals surface area contributed by atoms with Crippen molar-refractivity contribution in [3.05, 3.63) is 59.1 Å². The average Bonchev–Trinajstić information content (AvgIpc) is 2.69. The van der Waals surface area contributed by atoms with Gasteiger partial charge in [0.1, 0.15) is 5.75 Å². The molecule has 1 heterocycles. The van der Waals surface area contributed by atoms with Crippen LogP contribution in [0.2, 0.25) is 5.02 Å². The summed E-state index contributed by atoms with van der Waals surface area (Å²) in [6.45, 7) is 2.36. The summed E-state index contributed by atoms with van der Waals surface area (Å²) in [5.74, 6) is -0.618. The van der Waals surface area contributed by atoms with Crippen molar-refractivity contribution < 1.29 is 19.1 Å². The minimum Gasteiger partial charge on any atom is -0.426 e. The van der Waals surface area contributed by atoms with Crippen molar-refractivity contribution in [2.24, 2.45) is 5.92 Å². The van der Waals surface area contributed by atoms with Crippen molar-refractivity contribution >= 4 is 35.1 Å². The first-order chi connectivity index (χ1) is 13.4. The first-order valence-electron chi connectivity index (χ1n) is 9.06. The third-order valence-electron chi connectivity index (χ3n) is 4.53. The number of halogens is 1. The van der Waals surface area contributed by atoms with Gasteiger partial charge in [0, 0.05) is 36.3 Å². The summed E-state index contributed by atoms with van der Waals surface area (Å²) in [4.78, 5) is 37.9. The number of carbonyl (C=O) groups is 3. The van der Waals surface area contributed by atoms with Gasteiger partial charge < -0.3 is 15.0 Å². The first-order valence-corrected chi connectivity index (χ1v) is 9.44. The van der Waals surface area contributed by atoms with Gasteiger partial charge in [0.2, 0.25) is 5.91 Å². The number of anilines is 1. The SMILES string of the molecule is CC(=O)Nc1ccc(OC(=O)C2CCCN(C(=O)c3ccc(Cl)cc3)C2)cc1. The molecule has 0 bridgehead atoms. The molecule has 2 aromatic carbocycles. The molecular formula is C21H21ClN2O4. The van der Waals surface area contributed by atoms with Gasteiger partial charge in [-0.1, -0.05) is 11.6 Å². The molecule has 1 atom stereocenters. The molecule has 1 fully saturated rings. The number of esters is 1. The lowest BCUT2D eigenvalue weighted by molar-refractivity contribution is -0.140. The molecule has 2 aromatic rings. The van der Waals surface area contributed by atoms with Crippen molar-refractivity contribution in [2.45, 2.75) is 19.8 Å². The van der Waals surface area contributed by atoms with E-state index in [1.807, 2.05) is 0 Å². The second-order valence-electron chi connectivity index (χ2n) is 6.72. The molecule has 6 nitrogen and oxygen atoms in total. The average molecular weight is 401 g/mol. The lowest BCUT2D eigenvalue weighted by Crippen LogP contribution is -2.43. The normalized spacial score (nSPS) is 16.4. The number of nitrogens with one attached hydrogen (secondary N) is 1. The van der Waals surface area contributed by atoms with Crippen LogP contribution < -0.4 is 10.1 Å². The second kappa shape index (κ2) is 8.89. The van der Waals surface area contributed by atoms with Crippen molar-refractivity contribution in [2.75, 3.05) is 18.4 Å². The van der Waals surface area contributed by atoms with Gasteiger partial charge in [-0.25, -0.2) is 0 Å². The Balaban J connectivity index is 1.60. The van der Waals surface area contributed by atoms with Crippen LogP contribution in [0.5, 0.6) is 5.75 Å². The second-order valence-corrected chi connectivity index (χ2v) is 7.16. The van der Waals surface area contributed by atoms with Gasteiger partial charge in [-0.3, -0.25) is 14.4 Å². The largest absolute Gasteiger partial charge is 0.426 e. The minimum absolute atomic E-state index is 0.117. The van der Waals surface area contributed by atoms with Gasteiger partial charge in [-0.15, -0.1) is 0 Å². The quantitative estimate of drug-likeness (QED) is 0.626. The smallest absolute Gasteiger partial charge is 0.316 e. The van der Waals surface area contributed by atoms with Crippen LogP contribution in [-0.4, -0.2) is 35.8 Å². The molecule has 0 spiro atoms. The topological polar surface area (TPSA) is 75.7 Å². The fourth-order valence-corrected chi connectivity index (χ4v) is 3.26. The minimum atomic E-state index is -0.375. The number of ether oxygens (including phenoxy) is 1. The standard InChI is InChI=1S/C21H21ClN2O4/c1-14(25)23-18-8-10-19(11-9-18)28-21(27)16-3-2-12-24(13-16)20(26)15-4-6-17(22)7-5-15/h4-11,16H,2-3,12-13H2,1H3,(H,23,25). The summed E-state index contributed by atoms with van der Waals surface area (Å²) in [5.41, 5.74) is 1.18. The molecule has 1 aliphatic heterocycles. The number of hydrogen-bond donors (Lipinski definition) is 1. The van der Waals surface area contributed by atoms with Crippen LogP contribution in [0.1, 0.15) is 30.1 Å². The van der Waals surface area contributed by atoms with Crippen LogP contribution in [0.4, 0.5) is 5.69 Å². The number of carbonyl (C=O) groups excluding carboxylic acids is 3. The molecule has 146 valence electrons. The number of piperidine rings is 1. The summed E-state index contributed by atoms with van der Waals surface area (Å²) in [6, 6.07) is 13.3. The Morgan fingerprint density at radius 1 is 1.07 bits per heavy atom. The summed E-state index contributed by atoms with van der Waals surface area (Å²) < 4.78 is 5.46. The molecule has 2 amide bonds. The zero-order valence-electron chi connectivity index (χ0n) is 15.5. The summed E-state index contributed by atoms with van der Waals surface area (Å²) in [6.07, 6.45) is 1.41. The molecule has 0 aliphatic carbocycles. The van der Waals surface area contributed by atoms with Crippen LogP contribution in [0.25, 0.3) is 0 Å². The molecule has 3 rings (SSSR count).